The zero-order valence-electron chi connectivity index (χ0n) is 5.61. The molecule has 0 saturated heterocycles. The number of rotatable bonds is 2. The van der Waals surface area contributed by atoms with Gasteiger partial charge in [0.15, 0.2) is 0 Å². The molecule has 0 radical (unpaired) electrons. The highest BCUT2D eigenvalue weighted by Gasteiger charge is 1.73. The Morgan fingerprint density at radius 1 is 1.33 bits per heavy atom. The molecule has 0 heterocycles. The standard InChI is InChI=1S/C8H10O/c1-3-5-6-8-9-7-4-2/h2H,3,7-8H2,1H3. The molecule has 0 aliphatic rings. The molecule has 0 aliphatic heterocycles. The number of terminal acetylenes is 1. The fourth-order valence-corrected chi connectivity index (χ4v) is 0.337. The van der Waals surface area contributed by atoms with Crippen molar-refractivity contribution in [3.05, 3.63) is 0 Å². The van der Waals surface area contributed by atoms with Crippen molar-refractivity contribution < 1.29 is 4.74 Å². The van der Waals surface area contributed by atoms with Gasteiger partial charge in [0.1, 0.15) is 13.2 Å². The lowest BCUT2D eigenvalue weighted by Gasteiger charge is -1.87. The first-order chi connectivity index (χ1) is 4.41. The molecule has 0 fully saturated rings. The predicted octanol–water partition coefficient (Wildman–Crippen LogP) is 1.05. The van der Waals surface area contributed by atoms with Gasteiger partial charge >= 0.3 is 0 Å². The molecule has 48 valence electrons. The summed E-state index contributed by atoms with van der Waals surface area (Å²) >= 11 is 0. The maximum absolute atomic E-state index is 4.92. The number of hydrogen-bond acceptors (Lipinski definition) is 1. The van der Waals surface area contributed by atoms with E-state index in [-0.39, 0.29) is 0 Å². The fourth-order valence-electron chi connectivity index (χ4n) is 0.337. The molecular formula is C8H10O. The van der Waals surface area contributed by atoms with E-state index in [9.17, 15) is 0 Å². The van der Waals surface area contributed by atoms with Gasteiger partial charge < -0.3 is 4.74 Å². The second-order valence-corrected chi connectivity index (χ2v) is 1.40. The minimum Gasteiger partial charge on any atom is -0.356 e. The van der Waals surface area contributed by atoms with Crippen molar-refractivity contribution in [2.24, 2.45) is 0 Å². The summed E-state index contributed by atoms with van der Waals surface area (Å²) < 4.78 is 4.88. The van der Waals surface area contributed by atoms with Crippen LogP contribution in [-0.2, 0) is 4.74 Å². The molecule has 9 heavy (non-hydrogen) atoms. The van der Waals surface area contributed by atoms with Gasteiger partial charge in [-0.1, -0.05) is 18.8 Å². The Morgan fingerprint density at radius 2 is 2.11 bits per heavy atom. The van der Waals surface area contributed by atoms with E-state index in [2.05, 4.69) is 17.8 Å². The lowest BCUT2D eigenvalue weighted by atomic mass is 10.5. The number of ether oxygens (including phenoxy) is 1. The molecule has 0 aliphatic carbocycles. The maximum Gasteiger partial charge on any atom is 0.109 e. The van der Waals surface area contributed by atoms with Crippen molar-refractivity contribution in [1.29, 1.82) is 0 Å². The van der Waals surface area contributed by atoms with Crippen LogP contribution in [0.5, 0.6) is 0 Å². The summed E-state index contributed by atoms with van der Waals surface area (Å²) in [7, 11) is 0. The zero-order valence-corrected chi connectivity index (χ0v) is 5.61. The molecule has 1 nitrogen and oxygen atoms in total. The third kappa shape index (κ3) is 7.08. The van der Waals surface area contributed by atoms with E-state index >= 15 is 0 Å². The van der Waals surface area contributed by atoms with Crippen LogP contribution in [0.25, 0.3) is 0 Å². The van der Waals surface area contributed by atoms with Gasteiger partial charge in [-0.3, -0.25) is 0 Å². The summed E-state index contributed by atoms with van der Waals surface area (Å²) in [5.74, 6) is 8.02. The van der Waals surface area contributed by atoms with E-state index in [1.165, 1.54) is 0 Å². The minimum atomic E-state index is 0.360. The van der Waals surface area contributed by atoms with Gasteiger partial charge in [0.05, 0.1) is 0 Å². The molecular weight excluding hydrogens is 112 g/mol. The Hall–Kier alpha value is -0.920. The Kier molecular flexibility index (Phi) is 6.36. The van der Waals surface area contributed by atoms with Crippen LogP contribution in [0.1, 0.15) is 13.3 Å². The summed E-state index contributed by atoms with van der Waals surface area (Å²) in [5.41, 5.74) is 0. The van der Waals surface area contributed by atoms with E-state index in [0.29, 0.717) is 13.2 Å². The average Bonchev–Trinajstić information content (AvgIpc) is 1.89. The summed E-state index contributed by atoms with van der Waals surface area (Å²) in [6, 6.07) is 0. The molecule has 0 amide bonds. The highest BCUT2D eigenvalue weighted by atomic mass is 16.5. The fraction of sp³-hybridized carbons (Fsp3) is 0.500. The van der Waals surface area contributed by atoms with Crippen molar-refractivity contribution in [2.75, 3.05) is 13.2 Å². The first-order valence-electron chi connectivity index (χ1n) is 2.88. The highest BCUT2D eigenvalue weighted by molar-refractivity contribution is 4.98. The van der Waals surface area contributed by atoms with Gasteiger partial charge in [-0.25, -0.2) is 0 Å². The van der Waals surface area contributed by atoms with Crippen LogP contribution in [0.4, 0.5) is 0 Å². The van der Waals surface area contributed by atoms with Crippen molar-refractivity contribution in [3.63, 3.8) is 0 Å². The Balaban J connectivity index is 3.01. The molecule has 1 heteroatoms. The molecule has 0 aromatic rings. The van der Waals surface area contributed by atoms with Crippen LogP contribution in [0.3, 0.4) is 0 Å². The van der Waals surface area contributed by atoms with E-state index in [1.807, 2.05) is 6.92 Å². The molecule has 0 aromatic heterocycles. The molecule has 0 rings (SSSR count). The predicted molar refractivity (Wildman–Crippen MR) is 37.7 cm³/mol. The van der Waals surface area contributed by atoms with Gasteiger partial charge in [0.25, 0.3) is 0 Å². The second kappa shape index (κ2) is 7.08. The largest absolute Gasteiger partial charge is 0.356 e. The normalized spacial score (nSPS) is 7.11. The molecule has 0 unspecified atom stereocenters. The molecule has 0 atom stereocenters. The lowest BCUT2D eigenvalue weighted by molar-refractivity contribution is 0.204. The molecule has 0 aromatic carbocycles. The van der Waals surface area contributed by atoms with Gasteiger partial charge in [-0.05, 0) is 0 Å². The van der Waals surface area contributed by atoms with Crippen LogP contribution in [0, 0.1) is 24.2 Å². The maximum atomic E-state index is 4.92. The van der Waals surface area contributed by atoms with Gasteiger partial charge in [0.2, 0.25) is 0 Å². The van der Waals surface area contributed by atoms with Gasteiger partial charge in [0, 0.05) is 6.42 Å². The third-order valence-corrected chi connectivity index (χ3v) is 0.661. The van der Waals surface area contributed by atoms with Crippen molar-refractivity contribution in [3.8, 4) is 24.2 Å². The van der Waals surface area contributed by atoms with E-state index in [0.717, 1.165) is 6.42 Å². The monoisotopic (exact) mass is 122 g/mol. The Labute approximate surface area is 56.4 Å². The summed E-state index contributed by atoms with van der Waals surface area (Å²) in [6.07, 6.45) is 5.79. The van der Waals surface area contributed by atoms with Crippen molar-refractivity contribution >= 4 is 0 Å². The highest BCUT2D eigenvalue weighted by Crippen LogP contribution is 1.71. The SMILES string of the molecule is C#CCOCC#CCC. The second-order valence-electron chi connectivity index (χ2n) is 1.40. The van der Waals surface area contributed by atoms with Crippen molar-refractivity contribution in [1.82, 2.24) is 0 Å². The molecule has 0 spiro atoms. The molecule has 0 N–H and O–H groups in total. The van der Waals surface area contributed by atoms with Gasteiger partial charge in [-0.15, -0.1) is 12.3 Å². The lowest BCUT2D eigenvalue weighted by Crippen LogP contribution is -1.89. The first-order valence-corrected chi connectivity index (χ1v) is 2.88. The number of hydrogen-bond donors (Lipinski definition) is 0. The van der Waals surface area contributed by atoms with E-state index in [4.69, 9.17) is 11.2 Å². The smallest absolute Gasteiger partial charge is 0.109 e. The minimum absolute atomic E-state index is 0.360. The molecule has 0 saturated carbocycles. The quantitative estimate of drug-likeness (QED) is 0.393. The van der Waals surface area contributed by atoms with Crippen LogP contribution >= 0.6 is 0 Å². The topological polar surface area (TPSA) is 9.23 Å². The Morgan fingerprint density at radius 3 is 2.67 bits per heavy atom. The average molecular weight is 122 g/mol. The van der Waals surface area contributed by atoms with Gasteiger partial charge in [-0.2, -0.15) is 0 Å². The third-order valence-electron chi connectivity index (χ3n) is 0.661. The summed E-state index contributed by atoms with van der Waals surface area (Å²) in [4.78, 5) is 0. The molecule has 0 bridgehead atoms. The van der Waals surface area contributed by atoms with Crippen LogP contribution in [0.2, 0.25) is 0 Å². The van der Waals surface area contributed by atoms with Crippen LogP contribution in [-0.4, -0.2) is 13.2 Å². The summed E-state index contributed by atoms with van der Waals surface area (Å²) in [5, 5.41) is 0. The van der Waals surface area contributed by atoms with Crippen LogP contribution < -0.4 is 0 Å². The zero-order chi connectivity index (χ0) is 6.95. The van der Waals surface area contributed by atoms with Crippen molar-refractivity contribution in [2.45, 2.75) is 13.3 Å². The van der Waals surface area contributed by atoms with Crippen LogP contribution in [0.15, 0.2) is 0 Å². The summed E-state index contributed by atoms with van der Waals surface area (Å²) in [6.45, 7) is 2.81. The Bertz CT molecular complexity index is 142. The van der Waals surface area contributed by atoms with E-state index in [1.54, 1.807) is 0 Å². The van der Waals surface area contributed by atoms with E-state index < -0.39 is 0 Å². The first kappa shape index (κ1) is 8.08.